The number of hydrogen-bond acceptors (Lipinski definition) is 5. The molecule has 1 aliphatic carbocycles. The number of unbranched alkanes of at least 4 members (excludes halogenated alkanes) is 6. The molecule has 0 aromatic carbocycles. The molecule has 158 valence electrons. The van der Waals surface area contributed by atoms with Crippen LogP contribution < -0.4 is 0 Å². The molecule has 0 aliphatic heterocycles. The van der Waals surface area contributed by atoms with Gasteiger partial charge in [0.15, 0.2) is 0 Å². The fourth-order valence-electron chi connectivity index (χ4n) is 3.77. The summed E-state index contributed by atoms with van der Waals surface area (Å²) >= 11 is 1.80. The van der Waals surface area contributed by atoms with E-state index in [9.17, 15) is 14.7 Å². The molecule has 1 aliphatic rings. The maximum absolute atomic E-state index is 12.2. The summed E-state index contributed by atoms with van der Waals surface area (Å²) in [6.45, 7) is 4.48. The molecule has 0 amide bonds. The van der Waals surface area contributed by atoms with Crippen LogP contribution in [0.3, 0.4) is 0 Å². The number of Topliss-reactive ketones (excluding diaryl/α,β-unsaturated/α-hetero) is 1. The van der Waals surface area contributed by atoms with Crippen molar-refractivity contribution in [3.63, 3.8) is 0 Å². The fourth-order valence-corrected chi connectivity index (χ4v) is 5.21. The highest BCUT2D eigenvalue weighted by Gasteiger charge is 2.34. The minimum absolute atomic E-state index is 0.119. The molecule has 0 spiro atoms. The van der Waals surface area contributed by atoms with Crippen LogP contribution in [0.5, 0.6) is 0 Å². The highest BCUT2D eigenvalue weighted by molar-refractivity contribution is 8.00. The first-order valence-corrected chi connectivity index (χ1v) is 12.1. The summed E-state index contributed by atoms with van der Waals surface area (Å²) in [5.41, 5.74) is 0. The first kappa shape index (κ1) is 24.5. The van der Waals surface area contributed by atoms with Gasteiger partial charge in [0.25, 0.3) is 0 Å². The van der Waals surface area contributed by atoms with Gasteiger partial charge >= 0.3 is 5.97 Å². The predicted octanol–water partition coefficient (Wildman–Crippen LogP) is 5.30. The number of carbonyl (C=O) groups excluding carboxylic acids is 2. The van der Waals surface area contributed by atoms with E-state index in [4.69, 9.17) is 4.74 Å². The second-order valence-corrected chi connectivity index (χ2v) is 9.02. The first-order valence-electron chi connectivity index (χ1n) is 11.1. The number of aliphatic hydroxyl groups is 1. The van der Waals surface area contributed by atoms with Gasteiger partial charge in [0, 0.05) is 29.8 Å². The lowest BCUT2D eigenvalue weighted by Crippen LogP contribution is -2.20. The molecule has 0 bridgehead atoms. The van der Waals surface area contributed by atoms with Crippen molar-refractivity contribution in [3.05, 3.63) is 0 Å². The lowest BCUT2D eigenvalue weighted by molar-refractivity contribution is -0.143. The molecule has 27 heavy (non-hydrogen) atoms. The van der Waals surface area contributed by atoms with Gasteiger partial charge < -0.3 is 9.84 Å². The number of hydrogen-bond donors (Lipinski definition) is 1. The fraction of sp³-hybridized carbons (Fsp3) is 0.909. The van der Waals surface area contributed by atoms with Crippen LogP contribution >= 0.6 is 11.8 Å². The first-order chi connectivity index (χ1) is 13.1. The molecule has 3 atom stereocenters. The third kappa shape index (κ3) is 11.1. The second kappa shape index (κ2) is 15.4. The van der Waals surface area contributed by atoms with E-state index < -0.39 is 0 Å². The number of carbonyl (C=O) groups is 2. The predicted molar refractivity (Wildman–Crippen MR) is 113 cm³/mol. The number of esters is 1. The van der Waals surface area contributed by atoms with E-state index in [1.165, 1.54) is 25.7 Å². The van der Waals surface area contributed by atoms with Gasteiger partial charge in [-0.25, -0.2) is 0 Å². The quantitative estimate of drug-likeness (QED) is 0.281. The summed E-state index contributed by atoms with van der Waals surface area (Å²) in [5, 5.41) is 10.6. The van der Waals surface area contributed by atoms with Crippen molar-refractivity contribution < 1.29 is 19.4 Å². The van der Waals surface area contributed by atoms with E-state index in [-0.39, 0.29) is 18.0 Å². The Hall–Kier alpha value is -0.550. The molecule has 1 saturated carbocycles. The molecule has 1 rings (SSSR count). The topological polar surface area (TPSA) is 63.6 Å². The zero-order valence-electron chi connectivity index (χ0n) is 17.4. The average molecular weight is 401 g/mol. The minimum atomic E-state index is -0.238. The monoisotopic (exact) mass is 400 g/mol. The van der Waals surface area contributed by atoms with E-state index in [0.29, 0.717) is 30.5 Å². The molecule has 0 saturated heterocycles. The van der Waals surface area contributed by atoms with Gasteiger partial charge in [0.05, 0.1) is 12.7 Å². The van der Waals surface area contributed by atoms with Gasteiger partial charge in [0.2, 0.25) is 0 Å². The van der Waals surface area contributed by atoms with Crippen molar-refractivity contribution in [3.8, 4) is 0 Å². The Balaban J connectivity index is 2.16. The summed E-state index contributed by atoms with van der Waals surface area (Å²) in [5.74, 6) is 1.18. The van der Waals surface area contributed by atoms with Gasteiger partial charge in [-0.15, -0.1) is 0 Å². The van der Waals surface area contributed by atoms with Crippen molar-refractivity contribution in [1.82, 2.24) is 0 Å². The second-order valence-electron chi connectivity index (χ2n) is 7.74. The zero-order valence-corrected chi connectivity index (χ0v) is 18.2. The van der Waals surface area contributed by atoms with Crippen molar-refractivity contribution >= 4 is 23.5 Å². The SMILES string of the molecule is CCCCCCCC(O)CSC1CCC(=O)C1CCCCCC(=O)OCC. The summed E-state index contributed by atoms with van der Waals surface area (Å²) in [6, 6.07) is 0. The Labute approximate surface area is 170 Å². The lowest BCUT2D eigenvalue weighted by atomic mass is 9.98. The van der Waals surface area contributed by atoms with Crippen LogP contribution in [-0.2, 0) is 14.3 Å². The Kier molecular flexibility index (Phi) is 14.0. The maximum atomic E-state index is 12.2. The Bertz CT molecular complexity index is 413. The number of ketones is 1. The Morgan fingerprint density at radius 2 is 1.89 bits per heavy atom. The van der Waals surface area contributed by atoms with Crippen molar-refractivity contribution in [2.24, 2.45) is 5.92 Å². The number of aliphatic hydroxyl groups excluding tert-OH is 1. The molecule has 4 nitrogen and oxygen atoms in total. The molecule has 0 aromatic rings. The average Bonchev–Trinajstić information content (AvgIpc) is 2.99. The number of ether oxygens (including phenoxy) is 1. The van der Waals surface area contributed by atoms with Crippen LogP contribution in [0.25, 0.3) is 0 Å². The van der Waals surface area contributed by atoms with Crippen LogP contribution in [0.1, 0.15) is 97.3 Å². The molecule has 3 unspecified atom stereocenters. The lowest BCUT2D eigenvalue weighted by Gasteiger charge is -2.19. The Morgan fingerprint density at radius 1 is 1.15 bits per heavy atom. The van der Waals surface area contributed by atoms with Crippen LogP contribution in [0.4, 0.5) is 0 Å². The van der Waals surface area contributed by atoms with E-state index in [2.05, 4.69) is 6.92 Å². The van der Waals surface area contributed by atoms with Crippen molar-refractivity contribution in [2.75, 3.05) is 12.4 Å². The third-order valence-corrected chi connectivity index (χ3v) is 6.95. The van der Waals surface area contributed by atoms with Gasteiger partial charge in [0.1, 0.15) is 5.78 Å². The molecule has 0 radical (unpaired) electrons. The smallest absolute Gasteiger partial charge is 0.305 e. The summed E-state index contributed by atoms with van der Waals surface area (Å²) in [7, 11) is 0. The van der Waals surface area contributed by atoms with Crippen molar-refractivity contribution in [1.29, 1.82) is 0 Å². The van der Waals surface area contributed by atoms with Gasteiger partial charge in [-0.3, -0.25) is 9.59 Å². The number of rotatable bonds is 16. The zero-order chi connectivity index (χ0) is 19.9. The molecule has 0 aromatic heterocycles. The van der Waals surface area contributed by atoms with Crippen LogP contribution in [0, 0.1) is 5.92 Å². The molecular weight excluding hydrogens is 360 g/mol. The normalized spacial score (nSPS) is 20.8. The minimum Gasteiger partial charge on any atom is -0.466 e. The molecule has 5 heteroatoms. The largest absolute Gasteiger partial charge is 0.466 e. The van der Waals surface area contributed by atoms with Crippen LogP contribution in [-0.4, -0.2) is 40.6 Å². The molecule has 0 heterocycles. The maximum Gasteiger partial charge on any atom is 0.305 e. The van der Waals surface area contributed by atoms with Crippen molar-refractivity contribution in [2.45, 2.75) is 109 Å². The highest BCUT2D eigenvalue weighted by atomic mass is 32.2. The third-order valence-electron chi connectivity index (χ3n) is 5.38. The molecular formula is C22H40O4S. The van der Waals surface area contributed by atoms with E-state index in [0.717, 1.165) is 50.7 Å². The summed E-state index contributed by atoms with van der Waals surface area (Å²) < 4.78 is 4.94. The van der Waals surface area contributed by atoms with Crippen LogP contribution in [0.2, 0.25) is 0 Å². The van der Waals surface area contributed by atoms with Gasteiger partial charge in [-0.05, 0) is 32.6 Å². The molecule has 1 fully saturated rings. The van der Waals surface area contributed by atoms with Crippen LogP contribution in [0.15, 0.2) is 0 Å². The van der Waals surface area contributed by atoms with Gasteiger partial charge in [-0.2, -0.15) is 11.8 Å². The van der Waals surface area contributed by atoms with E-state index >= 15 is 0 Å². The standard InChI is InChI=1S/C22H40O4S/c1-3-5-6-7-9-12-18(23)17-27-21-16-15-20(24)19(21)13-10-8-11-14-22(25)26-4-2/h18-19,21,23H,3-17H2,1-2H3. The summed E-state index contributed by atoms with van der Waals surface area (Å²) in [4.78, 5) is 23.5. The number of thioether (sulfide) groups is 1. The molecule has 1 N–H and O–H groups in total. The van der Waals surface area contributed by atoms with E-state index in [1.54, 1.807) is 11.8 Å². The van der Waals surface area contributed by atoms with Gasteiger partial charge in [-0.1, -0.05) is 51.9 Å². The highest BCUT2D eigenvalue weighted by Crippen LogP contribution is 2.36. The summed E-state index contributed by atoms with van der Waals surface area (Å²) in [6.07, 6.45) is 12.6. The van der Waals surface area contributed by atoms with E-state index in [1.807, 2.05) is 6.92 Å². The Morgan fingerprint density at radius 3 is 2.63 bits per heavy atom.